The van der Waals surface area contributed by atoms with Crippen molar-refractivity contribution in [3.8, 4) is 5.75 Å². The lowest BCUT2D eigenvalue weighted by Crippen LogP contribution is -2.31. The largest absolute Gasteiger partial charge is 0.425 e. The Bertz CT molecular complexity index is 678. The zero-order valence-electron chi connectivity index (χ0n) is 13.1. The Labute approximate surface area is 130 Å². The van der Waals surface area contributed by atoms with Crippen LogP contribution in [0.5, 0.6) is 5.75 Å². The maximum Gasteiger partial charge on any atom is 0.328 e. The highest BCUT2D eigenvalue weighted by atomic mass is 16.5. The van der Waals surface area contributed by atoms with Crippen LogP contribution in [0, 0.1) is 0 Å². The Morgan fingerprint density at radius 1 is 1.55 bits per heavy atom. The molecule has 0 spiro atoms. The van der Waals surface area contributed by atoms with Crippen LogP contribution in [-0.4, -0.2) is 41.5 Å². The zero-order valence-corrected chi connectivity index (χ0v) is 13.1. The number of aromatic nitrogens is 1. The van der Waals surface area contributed by atoms with E-state index < -0.39 is 12.0 Å². The van der Waals surface area contributed by atoms with Crippen molar-refractivity contribution < 1.29 is 9.53 Å². The van der Waals surface area contributed by atoms with Gasteiger partial charge in [-0.15, -0.1) is 0 Å². The summed E-state index contributed by atoms with van der Waals surface area (Å²) in [4.78, 5) is 17.5. The fraction of sp³-hybridized carbons (Fsp3) is 0.471. The third kappa shape index (κ3) is 2.87. The van der Waals surface area contributed by atoms with Crippen LogP contribution in [-0.2, 0) is 11.2 Å². The summed E-state index contributed by atoms with van der Waals surface area (Å²) in [6, 6.07) is 5.64. The zero-order chi connectivity index (χ0) is 15.7. The lowest BCUT2D eigenvalue weighted by Gasteiger charge is -2.19. The Morgan fingerprint density at radius 3 is 3.05 bits per heavy atom. The molecule has 0 unspecified atom stereocenters. The second kappa shape index (κ2) is 6.10. The van der Waals surface area contributed by atoms with Crippen LogP contribution in [0.15, 0.2) is 24.4 Å². The number of fused-ring (bicyclic) bond motifs is 1. The molecule has 118 valence electrons. The van der Waals surface area contributed by atoms with Crippen molar-refractivity contribution in [1.29, 1.82) is 0 Å². The normalized spacial score (nSPS) is 20.4. The number of nitrogens with zero attached hydrogens (tertiary/aromatic N) is 1. The number of rotatable bonds is 4. The molecule has 1 fully saturated rings. The van der Waals surface area contributed by atoms with Crippen LogP contribution in [0.25, 0.3) is 10.9 Å². The lowest BCUT2D eigenvalue weighted by molar-refractivity contribution is -0.135. The van der Waals surface area contributed by atoms with Gasteiger partial charge in [0.05, 0.1) is 0 Å². The van der Waals surface area contributed by atoms with E-state index >= 15 is 0 Å². The highest BCUT2D eigenvalue weighted by molar-refractivity contribution is 5.92. The van der Waals surface area contributed by atoms with E-state index in [0.717, 1.165) is 23.9 Å². The van der Waals surface area contributed by atoms with Crippen molar-refractivity contribution in [2.45, 2.75) is 38.3 Å². The van der Waals surface area contributed by atoms with Crippen LogP contribution in [0.4, 0.5) is 0 Å². The summed E-state index contributed by atoms with van der Waals surface area (Å²) in [5.74, 6) is 0.189. The first-order valence-electron chi connectivity index (χ1n) is 7.82. The molecule has 1 aromatic heterocycles. The maximum absolute atomic E-state index is 11.8. The van der Waals surface area contributed by atoms with E-state index in [2.05, 4.69) is 16.9 Å². The number of aromatic amines is 1. The number of H-pyrrole nitrogens is 1. The summed E-state index contributed by atoms with van der Waals surface area (Å²) in [5, 5.41) is 0.997. The van der Waals surface area contributed by atoms with Gasteiger partial charge in [-0.3, -0.25) is 0 Å². The van der Waals surface area contributed by atoms with Crippen molar-refractivity contribution in [3.05, 3.63) is 30.0 Å². The van der Waals surface area contributed by atoms with E-state index in [1.165, 1.54) is 18.4 Å². The summed E-state index contributed by atoms with van der Waals surface area (Å²) in [6.07, 6.45) is 5.45. The van der Waals surface area contributed by atoms with Gasteiger partial charge in [0.2, 0.25) is 0 Å². The number of esters is 1. The number of carbonyl (C=O) groups excluding carboxylic acids is 1. The van der Waals surface area contributed by atoms with Crippen LogP contribution < -0.4 is 10.5 Å². The van der Waals surface area contributed by atoms with E-state index in [1.54, 1.807) is 6.92 Å². The number of nitrogens with two attached hydrogens (primary N) is 1. The van der Waals surface area contributed by atoms with Crippen molar-refractivity contribution in [2.75, 3.05) is 13.6 Å². The number of likely N-dealkylation sites (N-methyl/N-ethyl adjacent to an activating group) is 1. The van der Waals surface area contributed by atoms with Gasteiger partial charge in [-0.25, -0.2) is 4.79 Å². The highest BCUT2D eigenvalue weighted by Gasteiger charge is 2.23. The first-order valence-corrected chi connectivity index (χ1v) is 7.82. The first-order chi connectivity index (χ1) is 10.6. The predicted octanol–water partition coefficient (Wildman–Crippen LogP) is 2.06. The average molecular weight is 301 g/mol. The fourth-order valence-electron chi connectivity index (χ4n) is 3.16. The van der Waals surface area contributed by atoms with Gasteiger partial charge in [-0.1, -0.05) is 6.07 Å². The van der Waals surface area contributed by atoms with Crippen LogP contribution in [0.3, 0.4) is 0 Å². The van der Waals surface area contributed by atoms with Crippen molar-refractivity contribution in [1.82, 2.24) is 9.88 Å². The number of nitrogens with one attached hydrogen (secondary N) is 1. The molecule has 1 saturated heterocycles. The third-order valence-corrected chi connectivity index (χ3v) is 4.46. The minimum atomic E-state index is -0.626. The smallest absolute Gasteiger partial charge is 0.328 e. The Morgan fingerprint density at radius 2 is 2.36 bits per heavy atom. The van der Waals surface area contributed by atoms with E-state index in [0.29, 0.717) is 11.8 Å². The molecule has 1 aromatic carbocycles. The summed E-state index contributed by atoms with van der Waals surface area (Å²) < 4.78 is 5.48. The van der Waals surface area contributed by atoms with Crippen molar-refractivity contribution >= 4 is 16.9 Å². The molecule has 0 saturated carbocycles. The first kappa shape index (κ1) is 15.1. The number of carbonyl (C=O) groups is 1. The predicted molar refractivity (Wildman–Crippen MR) is 86.9 cm³/mol. The average Bonchev–Trinajstić information content (AvgIpc) is 3.07. The van der Waals surface area contributed by atoms with Gasteiger partial charge in [-0.2, -0.15) is 0 Å². The summed E-state index contributed by atoms with van der Waals surface area (Å²) in [7, 11) is 2.17. The lowest BCUT2D eigenvalue weighted by atomic mass is 10.0. The van der Waals surface area contributed by atoms with Gasteiger partial charge in [-0.05, 0) is 57.5 Å². The van der Waals surface area contributed by atoms with Gasteiger partial charge in [0.15, 0.2) is 0 Å². The number of benzene rings is 1. The van der Waals surface area contributed by atoms with Crippen LogP contribution in [0.2, 0.25) is 0 Å². The molecule has 2 heterocycles. The minimum absolute atomic E-state index is 0.405. The molecule has 0 bridgehead atoms. The third-order valence-electron chi connectivity index (χ3n) is 4.46. The molecule has 5 heteroatoms. The quantitative estimate of drug-likeness (QED) is 0.670. The molecule has 5 nitrogen and oxygen atoms in total. The van der Waals surface area contributed by atoms with E-state index in [4.69, 9.17) is 10.5 Å². The van der Waals surface area contributed by atoms with E-state index in [9.17, 15) is 4.79 Å². The molecular weight excluding hydrogens is 278 g/mol. The maximum atomic E-state index is 11.8. The van der Waals surface area contributed by atoms with Gasteiger partial charge in [0.1, 0.15) is 11.8 Å². The second-order valence-corrected chi connectivity index (χ2v) is 6.18. The Balaban J connectivity index is 1.92. The van der Waals surface area contributed by atoms with Crippen molar-refractivity contribution in [2.24, 2.45) is 5.73 Å². The molecule has 1 aliphatic heterocycles. The molecule has 2 atom stereocenters. The molecule has 3 N–H and O–H groups in total. The molecule has 0 aliphatic carbocycles. The molecular formula is C17H23N3O2. The topological polar surface area (TPSA) is 71.4 Å². The fourth-order valence-corrected chi connectivity index (χ4v) is 3.16. The van der Waals surface area contributed by atoms with Crippen molar-refractivity contribution in [3.63, 3.8) is 0 Å². The Kier molecular flexibility index (Phi) is 4.18. The number of likely N-dealkylation sites (tertiary alicyclic amines) is 1. The summed E-state index contributed by atoms with van der Waals surface area (Å²) >= 11 is 0. The number of hydrogen-bond donors (Lipinski definition) is 2. The van der Waals surface area contributed by atoms with Crippen LogP contribution >= 0.6 is 0 Å². The van der Waals surface area contributed by atoms with Gasteiger partial charge >= 0.3 is 5.97 Å². The molecule has 0 amide bonds. The van der Waals surface area contributed by atoms with E-state index in [-0.39, 0.29) is 0 Å². The van der Waals surface area contributed by atoms with Gasteiger partial charge < -0.3 is 20.4 Å². The molecule has 0 radical (unpaired) electrons. The second-order valence-electron chi connectivity index (χ2n) is 6.18. The van der Waals surface area contributed by atoms with E-state index in [1.807, 2.05) is 24.4 Å². The van der Waals surface area contributed by atoms with Gasteiger partial charge in [0, 0.05) is 23.1 Å². The monoisotopic (exact) mass is 301 g/mol. The molecule has 1 aliphatic rings. The molecule has 22 heavy (non-hydrogen) atoms. The molecule has 3 rings (SSSR count). The highest BCUT2D eigenvalue weighted by Crippen LogP contribution is 2.31. The SMILES string of the molecule is C[C@@H](N)C(=O)Oc1cccc2[nH]cc(C[C@H]3CCCN3C)c12. The summed E-state index contributed by atoms with van der Waals surface area (Å²) in [6.45, 7) is 2.79. The number of ether oxygens (including phenoxy) is 1. The number of hydrogen-bond acceptors (Lipinski definition) is 4. The van der Waals surface area contributed by atoms with Gasteiger partial charge in [0.25, 0.3) is 0 Å². The minimum Gasteiger partial charge on any atom is -0.425 e. The Hall–Kier alpha value is -1.85. The standard InChI is InChI=1S/C17H23N3O2/c1-11(18)17(21)22-15-7-3-6-14-16(15)12(10-19-14)9-13-5-4-8-20(13)2/h3,6-7,10-11,13,19H,4-5,8-9,18H2,1-2H3/t11-,13-/m1/s1. The summed E-state index contributed by atoms with van der Waals surface area (Å²) in [5.41, 5.74) is 7.79. The van der Waals surface area contributed by atoms with Crippen LogP contribution in [0.1, 0.15) is 25.3 Å². The molecule has 2 aromatic rings.